The lowest BCUT2D eigenvalue weighted by Crippen LogP contribution is -2.39. The van der Waals surface area contributed by atoms with Crippen LogP contribution >= 0.6 is 0 Å². The minimum absolute atomic E-state index is 0.205. The minimum atomic E-state index is -0.598. The highest BCUT2D eigenvalue weighted by Crippen LogP contribution is 1.90. The van der Waals surface area contributed by atoms with E-state index in [1.807, 2.05) is 6.92 Å². The highest BCUT2D eigenvalue weighted by molar-refractivity contribution is 5.84. The van der Waals surface area contributed by atoms with Gasteiger partial charge in [0.05, 0.1) is 13.2 Å². The Morgan fingerprint density at radius 2 is 1.93 bits per heavy atom. The van der Waals surface area contributed by atoms with E-state index in [4.69, 9.17) is 9.47 Å². The van der Waals surface area contributed by atoms with E-state index < -0.39 is 12.0 Å². The van der Waals surface area contributed by atoms with Crippen LogP contribution in [0, 0.1) is 0 Å². The fraction of sp³-hybridized carbons (Fsp3) is 0.800. The SMILES string of the molecule is CCOCCC(=O)NC(C)C(=O)OCC. The summed E-state index contributed by atoms with van der Waals surface area (Å²) in [6, 6.07) is -0.598. The number of nitrogens with one attached hydrogen (secondary N) is 1. The number of amides is 1. The maximum Gasteiger partial charge on any atom is 0.328 e. The Morgan fingerprint density at radius 3 is 2.47 bits per heavy atom. The quantitative estimate of drug-likeness (QED) is 0.497. The van der Waals surface area contributed by atoms with Crippen LogP contribution < -0.4 is 5.32 Å². The molecule has 0 aromatic carbocycles. The number of hydrogen-bond donors (Lipinski definition) is 1. The summed E-state index contributed by atoms with van der Waals surface area (Å²) >= 11 is 0. The number of hydrogen-bond acceptors (Lipinski definition) is 4. The van der Waals surface area contributed by atoms with E-state index in [0.29, 0.717) is 19.8 Å². The molecule has 0 radical (unpaired) electrons. The van der Waals surface area contributed by atoms with Crippen LogP contribution in [-0.2, 0) is 19.1 Å². The normalized spacial score (nSPS) is 11.9. The summed E-state index contributed by atoms with van der Waals surface area (Å²) in [6.07, 6.45) is 0.261. The van der Waals surface area contributed by atoms with E-state index in [0.717, 1.165) is 0 Å². The summed E-state index contributed by atoms with van der Waals surface area (Å²) in [7, 11) is 0. The maximum atomic E-state index is 11.2. The van der Waals surface area contributed by atoms with E-state index >= 15 is 0 Å². The first-order valence-electron chi connectivity index (χ1n) is 5.15. The molecule has 5 heteroatoms. The molecule has 0 fully saturated rings. The third kappa shape index (κ3) is 6.90. The van der Waals surface area contributed by atoms with Crippen LogP contribution in [0.4, 0.5) is 0 Å². The molecule has 0 aliphatic carbocycles. The molecule has 5 nitrogen and oxygen atoms in total. The third-order valence-corrected chi connectivity index (χ3v) is 1.70. The Labute approximate surface area is 90.1 Å². The average Bonchev–Trinajstić information content (AvgIpc) is 2.18. The Morgan fingerprint density at radius 1 is 1.27 bits per heavy atom. The summed E-state index contributed by atoms with van der Waals surface area (Å²) in [5.74, 6) is -0.619. The van der Waals surface area contributed by atoms with E-state index in [-0.39, 0.29) is 12.3 Å². The molecule has 1 unspecified atom stereocenters. The van der Waals surface area contributed by atoms with Crippen molar-refractivity contribution in [2.24, 2.45) is 0 Å². The van der Waals surface area contributed by atoms with Crippen LogP contribution in [0.1, 0.15) is 27.2 Å². The van der Waals surface area contributed by atoms with Gasteiger partial charge in [0.25, 0.3) is 0 Å². The standard InChI is InChI=1S/C10H19NO4/c1-4-14-7-6-9(12)11-8(3)10(13)15-5-2/h8H,4-7H2,1-3H3,(H,11,12). The van der Waals surface area contributed by atoms with Gasteiger partial charge in [0.2, 0.25) is 5.91 Å². The number of carbonyl (C=O) groups excluding carboxylic acids is 2. The fourth-order valence-corrected chi connectivity index (χ4v) is 0.949. The summed E-state index contributed by atoms with van der Waals surface area (Å²) in [4.78, 5) is 22.4. The molecule has 0 bridgehead atoms. The van der Waals surface area contributed by atoms with Gasteiger partial charge in [-0.2, -0.15) is 0 Å². The van der Waals surface area contributed by atoms with Crippen molar-refractivity contribution >= 4 is 11.9 Å². The highest BCUT2D eigenvalue weighted by atomic mass is 16.5. The van der Waals surface area contributed by atoms with Gasteiger partial charge in [-0.25, -0.2) is 4.79 Å². The first kappa shape index (κ1) is 13.9. The smallest absolute Gasteiger partial charge is 0.328 e. The molecule has 0 saturated carbocycles. The van der Waals surface area contributed by atoms with Gasteiger partial charge in [-0.15, -0.1) is 0 Å². The van der Waals surface area contributed by atoms with E-state index in [1.54, 1.807) is 13.8 Å². The topological polar surface area (TPSA) is 64.6 Å². The van der Waals surface area contributed by atoms with Gasteiger partial charge in [-0.1, -0.05) is 0 Å². The molecule has 1 atom stereocenters. The van der Waals surface area contributed by atoms with Crippen LogP contribution in [0.25, 0.3) is 0 Å². The van der Waals surface area contributed by atoms with Crippen LogP contribution in [0.5, 0.6) is 0 Å². The minimum Gasteiger partial charge on any atom is -0.464 e. The number of rotatable bonds is 7. The number of esters is 1. The zero-order valence-corrected chi connectivity index (χ0v) is 9.54. The zero-order valence-electron chi connectivity index (χ0n) is 9.54. The first-order chi connectivity index (χ1) is 7.11. The van der Waals surface area contributed by atoms with Gasteiger partial charge >= 0.3 is 5.97 Å². The summed E-state index contributed by atoms with van der Waals surface area (Å²) in [5, 5.41) is 2.53. The Bertz CT molecular complexity index is 206. The molecule has 0 spiro atoms. The Balaban J connectivity index is 3.70. The number of ether oxygens (including phenoxy) is 2. The molecule has 0 aliphatic heterocycles. The molecule has 0 saturated heterocycles. The van der Waals surface area contributed by atoms with Crippen LogP contribution in [0.2, 0.25) is 0 Å². The van der Waals surface area contributed by atoms with Crippen LogP contribution in [0.15, 0.2) is 0 Å². The lowest BCUT2D eigenvalue weighted by Gasteiger charge is -2.12. The molecular weight excluding hydrogens is 198 g/mol. The third-order valence-electron chi connectivity index (χ3n) is 1.70. The maximum absolute atomic E-state index is 11.2. The summed E-state index contributed by atoms with van der Waals surface area (Å²) in [5.41, 5.74) is 0. The zero-order chi connectivity index (χ0) is 11.7. The van der Waals surface area contributed by atoms with Gasteiger partial charge in [0, 0.05) is 13.0 Å². The molecule has 0 aromatic heterocycles. The molecule has 0 heterocycles. The van der Waals surface area contributed by atoms with Crippen molar-refractivity contribution in [3.05, 3.63) is 0 Å². The molecular formula is C10H19NO4. The van der Waals surface area contributed by atoms with Crippen molar-refractivity contribution in [3.8, 4) is 0 Å². The predicted molar refractivity (Wildman–Crippen MR) is 55.3 cm³/mol. The van der Waals surface area contributed by atoms with Gasteiger partial charge in [0.15, 0.2) is 0 Å². The van der Waals surface area contributed by atoms with Crippen molar-refractivity contribution in [1.82, 2.24) is 5.32 Å². The van der Waals surface area contributed by atoms with Gasteiger partial charge in [0.1, 0.15) is 6.04 Å². The van der Waals surface area contributed by atoms with Crippen molar-refractivity contribution in [1.29, 1.82) is 0 Å². The Hall–Kier alpha value is -1.10. The average molecular weight is 217 g/mol. The van der Waals surface area contributed by atoms with E-state index in [1.165, 1.54) is 0 Å². The van der Waals surface area contributed by atoms with Crippen LogP contribution in [-0.4, -0.2) is 37.7 Å². The van der Waals surface area contributed by atoms with Crippen molar-refractivity contribution in [2.45, 2.75) is 33.2 Å². The molecule has 1 amide bonds. The molecule has 15 heavy (non-hydrogen) atoms. The first-order valence-corrected chi connectivity index (χ1v) is 5.15. The highest BCUT2D eigenvalue weighted by Gasteiger charge is 2.15. The molecule has 88 valence electrons. The molecule has 0 aromatic rings. The van der Waals surface area contributed by atoms with E-state index in [9.17, 15) is 9.59 Å². The number of carbonyl (C=O) groups is 2. The fourth-order valence-electron chi connectivity index (χ4n) is 0.949. The lowest BCUT2D eigenvalue weighted by molar-refractivity contribution is -0.147. The van der Waals surface area contributed by atoms with E-state index in [2.05, 4.69) is 5.32 Å². The predicted octanol–water partition coefficient (Wildman–Crippen LogP) is 0.481. The van der Waals surface area contributed by atoms with Crippen molar-refractivity contribution < 1.29 is 19.1 Å². The largest absolute Gasteiger partial charge is 0.464 e. The van der Waals surface area contributed by atoms with Gasteiger partial charge < -0.3 is 14.8 Å². The van der Waals surface area contributed by atoms with Crippen molar-refractivity contribution in [2.75, 3.05) is 19.8 Å². The monoisotopic (exact) mass is 217 g/mol. The molecule has 1 N–H and O–H groups in total. The molecule has 0 rings (SSSR count). The second-order valence-electron chi connectivity index (χ2n) is 2.99. The summed E-state index contributed by atoms with van der Waals surface area (Å²) in [6.45, 7) is 6.45. The van der Waals surface area contributed by atoms with Gasteiger partial charge in [-0.3, -0.25) is 4.79 Å². The summed E-state index contributed by atoms with van der Waals surface area (Å²) < 4.78 is 9.76. The second-order valence-corrected chi connectivity index (χ2v) is 2.99. The lowest BCUT2D eigenvalue weighted by atomic mass is 10.3. The second kappa shape index (κ2) is 8.23. The Kier molecular flexibility index (Phi) is 7.62. The van der Waals surface area contributed by atoms with Gasteiger partial charge in [-0.05, 0) is 20.8 Å². The van der Waals surface area contributed by atoms with Crippen LogP contribution in [0.3, 0.4) is 0 Å². The molecule has 0 aliphatic rings. The van der Waals surface area contributed by atoms with Crippen molar-refractivity contribution in [3.63, 3.8) is 0 Å².